The zero-order chi connectivity index (χ0) is 23.8. The predicted octanol–water partition coefficient (Wildman–Crippen LogP) is 4.04. The largest absolute Gasteiger partial charge is 0.452 e. The smallest absolute Gasteiger partial charge is 0.338 e. The van der Waals surface area contributed by atoms with Crippen LogP contribution < -0.4 is 15.5 Å². The monoisotopic (exact) mass is 445 g/mol. The molecule has 0 spiro atoms. The van der Waals surface area contributed by atoms with Crippen LogP contribution >= 0.6 is 0 Å². The van der Waals surface area contributed by atoms with E-state index in [2.05, 4.69) is 10.6 Å². The number of esters is 1. The van der Waals surface area contributed by atoms with Crippen LogP contribution in [0.25, 0.3) is 0 Å². The van der Waals surface area contributed by atoms with Crippen LogP contribution in [0.3, 0.4) is 0 Å². The van der Waals surface area contributed by atoms with Gasteiger partial charge in [0.15, 0.2) is 6.61 Å². The normalized spacial score (nSPS) is 11.2. The van der Waals surface area contributed by atoms with Crippen LogP contribution in [0.15, 0.2) is 78.9 Å². The molecule has 0 fully saturated rings. The highest BCUT2D eigenvalue weighted by atomic mass is 16.5. The lowest BCUT2D eigenvalue weighted by Gasteiger charge is -2.16. The fraction of sp³-hybridized carbons (Fsp3) is 0.192. The second-order valence-corrected chi connectivity index (χ2v) is 7.72. The molecular weight excluding hydrogens is 418 g/mol. The summed E-state index contributed by atoms with van der Waals surface area (Å²) < 4.78 is 5.12. The van der Waals surface area contributed by atoms with Crippen molar-refractivity contribution >= 4 is 29.2 Å². The molecule has 170 valence electrons. The number of carbonyl (C=O) groups excluding carboxylic acids is 3. The van der Waals surface area contributed by atoms with Crippen molar-refractivity contribution in [2.24, 2.45) is 0 Å². The lowest BCUT2D eigenvalue weighted by Crippen LogP contribution is -2.28. The van der Waals surface area contributed by atoms with E-state index >= 15 is 0 Å². The van der Waals surface area contributed by atoms with E-state index in [0.29, 0.717) is 16.8 Å². The number of rotatable bonds is 8. The Morgan fingerprint density at radius 1 is 0.879 bits per heavy atom. The Bertz CT molecular complexity index is 1110. The summed E-state index contributed by atoms with van der Waals surface area (Å²) in [6.07, 6.45) is 0. The first kappa shape index (κ1) is 23.5. The Morgan fingerprint density at radius 3 is 2.18 bits per heavy atom. The van der Waals surface area contributed by atoms with Gasteiger partial charge in [0.25, 0.3) is 11.8 Å². The van der Waals surface area contributed by atoms with Crippen LogP contribution in [0.2, 0.25) is 0 Å². The molecule has 0 aliphatic rings. The van der Waals surface area contributed by atoms with Gasteiger partial charge in [0.05, 0.1) is 22.9 Å². The van der Waals surface area contributed by atoms with Crippen molar-refractivity contribution in [1.82, 2.24) is 5.32 Å². The van der Waals surface area contributed by atoms with Crippen LogP contribution in [0, 0.1) is 0 Å². The van der Waals surface area contributed by atoms with Gasteiger partial charge >= 0.3 is 5.97 Å². The minimum atomic E-state index is -0.599. The minimum Gasteiger partial charge on any atom is -0.452 e. The van der Waals surface area contributed by atoms with E-state index in [4.69, 9.17) is 4.74 Å². The summed E-state index contributed by atoms with van der Waals surface area (Å²) in [4.78, 5) is 39.3. The number of benzene rings is 3. The Morgan fingerprint density at radius 2 is 1.52 bits per heavy atom. The van der Waals surface area contributed by atoms with Gasteiger partial charge in [0.2, 0.25) is 0 Å². The Hall–Kier alpha value is -4.13. The van der Waals surface area contributed by atoms with E-state index in [1.165, 1.54) is 0 Å². The molecule has 3 rings (SSSR count). The highest BCUT2D eigenvalue weighted by Crippen LogP contribution is 2.18. The van der Waals surface area contributed by atoms with Gasteiger partial charge in [0.1, 0.15) is 0 Å². The molecule has 0 saturated carbocycles. The number of ether oxygens (including phenoxy) is 1. The molecule has 0 aliphatic heterocycles. The zero-order valence-electron chi connectivity index (χ0n) is 18.9. The van der Waals surface area contributed by atoms with Gasteiger partial charge in [0, 0.05) is 19.8 Å². The van der Waals surface area contributed by atoms with Gasteiger partial charge in [-0.15, -0.1) is 0 Å². The predicted molar refractivity (Wildman–Crippen MR) is 128 cm³/mol. The number of nitrogens with zero attached hydrogens (tertiary/aromatic N) is 1. The van der Waals surface area contributed by atoms with Crippen LogP contribution in [-0.4, -0.2) is 38.5 Å². The van der Waals surface area contributed by atoms with Crippen LogP contribution in [0.5, 0.6) is 0 Å². The van der Waals surface area contributed by atoms with Crippen LogP contribution in [0.1, 0.15) is 39.2 Å². The minimum absolute atomic E-state index is 0.206. The third-order valence-corrected chi connectivity index (χ3v) is 5.05. The lowest BCUT2D eigenvalue weighted by molar-refractivity contribution is -0.119. The first-order valence-electron chi connectivity index (χ1n) is 10.5. The second-order valence-electron chi connectivity index (χ2n) is 7.72. The topological polar surface area (TPSA) is 87.7 Å². The molecule has 0 heterocycles. The summed E-state index contributed by atoms with van der Waals surface area (Å²) in [5, 5.41) is 5.58. The van der Waals surface area contributed by atoms with Crippen molar-refractivity contribution in [2.45, 2.75) is 13.0 Å². The molecule has 3 aromatic carbocycles. The second kappa shape index (κ2) is 10.9. The molecule has 2 amide bonds. The molecule has 0 aliphatic carbocycles. The summed E-state index contributed by atoms with van der Waals surface area (Å²) >= 11 is 0. The van der Waals surface area contributed by atoms with Crippen molar-refractivity contribution in [3.05, 3.63) is 95.6 Å². The van der Waals surface area contributed by atoms with Gasteiger partial charge in [-0.1, -0.05) is 42.5 Å². The Kier molecular flexibility index (Phi) is 7.81. The molecule has 2 N–H and O–H groups in total. The summed E-state index contributed by atoms with van der Waals surface area (Å²) in [5.41, 5.74) is 2.92. The van der Waals surface area contributed by atoms with Crippen molar-refractivity contribution in [1.29, 1.82) is 0 Å². The van der Waals surface area contributed by atoms with Crippen LogP contribution in [0.4, 0.5) is 11.4 Å². The number of hydrogen-bond acceptors (Lipinski definition) is 5. The molecule has 1 unspecified atom stereocenters. The van der Waals surface area contributed by atoms with Gasteiger partial charge in [-0.3, -0.25) is 9.59 Å². The first-order valence-corrected chi connectivity index (χ1v) is 10.5. The molecule has 1 atom stereocenters. The standard InChI is InChI=1S/C26H27N3O4/c1-18(19-9-5-4-6-10-19)27-25(31)22-11-7-8-12-23(22)28-24(30)17-33-26(32)20-13-15-21(16-14-20)29(2)3/h4-16,18H,17H2,1-3H3,(H,27,31)(H,28,30). The number of carbonyl (C=O) groups is 3. The molecule has 0 aromatic heterocycles. The lowest BCUT2D eigenvalue weighted by atomic mass is 10.1. The fourth-order valence-electron chi connectivity index (χ4n) is 3.19. The highest BCUT2D eigenvalue weighted by molar-refractivity contribution is 6.04. The van der Waals surface area contributed by atoms with Crippen molar-refractivity contribution in [3.8, 4) is 0 Å². The van der Waals surface area contributed by atoms with Crippen LogP contribution in [-0.2, 0) is 9.53 Å². The quantitative estimate of drug-likeness (QED) is 0.511. The van der Waals surface area contributed by atoms with E-state index in [1.807, 2.05) is 56.3 Å². The molecule has 7 heteroatoms. The van der Waals surface area contributed by atoms with E-state index < -0.39 is 18.5 Å². The maximum atomic E-state index is 12.8. The molecule has 3 aromatic rings. The van der Waals surface area contributed by atoms with E-state index in [9.17, 15) is 14.4 Å². The SMILES string of the molecule is CC(NC(=O)c1ccccc1NC(=O)COC(=O)c1ccc(N(C)C)cc1)c1ccccc1. The summed E-state index contributed by atoms with van der Waals surface area (Å²) in [7, 11) is 3.80. The number of para-hydroxylation sites is 1. The van der Waals surface area contributed by atoms with Crippen molar-refractivity contribution in [2.75, 3.05) is 30.9 Å². The van der Waals surface area contributed by atoms with E-state index in [1.54, 1.807) is 48.5 Å². The third kappa shape index (κ3) is 6.43. The summed E-state index contributed by atoms with van der Waals surface area (Å²) in [5.74, 6) is -1.46. The fourth-order valence-corrected chi connectivity index (χ4v) is 3.19. The maximum Gasteiger partial charge on any atom is 0.338 e. The Labute approximate surface area is 193 Å². The zero-order valence-corrected chi connectivity index (χ0v) is 18.9. The summed E-state index contributed by atoms with van der Waals surface area (Å²) in [6, 6.07) is 22.9. The summed E-state index contributed by atoms with van der Waals surface area (Å²) in [6.45, 7) is 1.42. The van der Waals surface area contributed by atoms with Gasteiger partial charge in [-0.2, -0.15) is 0 Å². The number of amides is 2. The molecule has 7 nitrogen and oxygen atoms in total. The molecule has 33 heavy (non-hydrogen) atoms. The number of hydrogen-bond donors (Lipinski definition) is 2. The van der Waals surface area contributed by atoms with E-state index in [-0.39, 0.29) is 11.9 Å². The average molecular weight is 446 g/mol. The molecule has 0 radical (unpaired) electrons. The highest BCUT2D eigenvalue weighted by Gasteiger charge is 2.17. The first-order chi connectivity index (χ1) is 15.8. The average Bonchev–Trinajstić information content (AvgIpc) is 2.83. The molecule has 0 saturated heterocycles. The third-order valence-electron chi connectivity index (χ3n) is 5.05. The Balaban J connectivity index is 1.59. The van der Waals surface area contributed by atoms with Crippen molar-refractivity contribution < 1.29 is 19.1 Å². The maximum absolute atomic E-state index is 12.8. The number of anilines is 2. The number of nitrogens with one attached hydrogen (secondary N) is 2. The van der Waals surface area contributed by atoms with Gasteiger partial charge < -0.3 is 20.3 Å². The molecule has 0 bridgehead atoms. The van der Waals surface area contributed by atoms with E-state index in [0.717, 1.165) is 11.3 Å². The molecular formula is C26H27N3O4. The van der Waals surface area contributed by atoms with Gasteiger partial charge in [-0.25, -0.2) is 4.79 Å². The van der Waals surface area contributed by atoms with Gasteiger partial charge in [-0.05, 0) is 48.9 Å². The van der Waals surface area contributed by atoms with Crippen molar-refractivity contribution in [3.63, 3.8) is 0 Å².